The van der Waals surface area contributed by atoms with E-state index in [9.17, 15) is 14.8 Å². The van der Waals surface area contributed by atoms with E-state index < -0.39 is 44.6 Å². The van der Waals surface area contributed by atoms with E-state index in [0.717, 1.165) is 0 Å². The third kappa shape index (κ3) is 4.69. The summed E-state index contributed by atoms with van der Waals surface area (Å²) in [5.41, 5.74) is 10.8. The lowest BCUT2D eigenvalue weighted by Crippen LogP contribution is -2.44. The number of hydrogen-bond donors (Lipinski definition) is 4. The van der Waals surface area contributed by atoms with Crippen LogP contribution < -0.4 is 11.5 Å². The fourth-order valence-electron chi connectivity index (χ4n) is 4.37. The molecule has 15 heteroatoms. The maximum atomic E-state index is 13.2. The van der Waals surface area contributed by atoms with Gasteiger partial charge in [-0.15, -0.1) is 0 Å². The molecule has 2 aliphatic rings. The van der Waals surface area contributed by atoms with Crippen molar-refractivity contribution in [2.45, 2.75) is 43.5 Å². The van der Waals surface area contributed by atoms with Crippen molar-refractivity contribution in [1.29, 1.82) is 0 Å². The summed E-state index contributed by atoms with van der Waals surface area (Å²) in [5.74, 6) is 0.104. The normalized spacial score (nSPS) is 32.8. The first-order valence-corrected chi connectivity index (χ1v) is 13.2. The van der Waals surface area contributed by atoms with Gasteiger partial charge >= 0.3 is 7.82 Å². The van der Waals surface area contributed by atoms with Gasteiger partial charge in [-0.1, -0.05) is 23.2 Å². The van der Waals surface area contributed by atoms with Gasteiger partial charge in [-0.25, -0.2) is 4.57 Å². The number of phosphoric ester groups is 1. The Kier molecular flexibility index (Phi) is 6.69. The molecule has 0 unspecified atom stereocenters. The number of fused-ring (bicyclic) bond motifs is 1. The van der Waals surface area contributed by atoms with Crippen molar-refractivity contribution in [3.63, 3.8) is 0 Å². The fraction of sp³-hybridized carbons (Fsp3) is 0.429. The third-order valence-corrected chi connectivity index (χ3v) is 8.08. The van der Waals surface area contributed by atoms with E-state index in [4.69, 9.17) is 53.0 Å². The standard InChI is InChI=1S/C21H24Cl2N5O7P/c1-21(30)16(29)15(34-19(21)28-4-2-13-17(24)26-20(25)27-18(13)28)9-33-36(31)32-5-3-14(35-36)10-6-11(22)8-12(23)7-10/h2,4,6-8,14-16,19,29-30H,3,5,9H2,1H3,(H4,24,25,26,27)/t14-,15+,16+,19+,21+,36+/m0/s1. The molecule has 0 spiro atoms. The number of aromatic nitrogens is 3. The summed E-state index contributed by atoms with van der Waals surface area (Å²) >= 11 is 12.2. The van der Waals surface area contributed by atoms with Crippen LogP contribution >= 0.6 is 31.0 Å². The predicted octanol–water partition coefficient (Wildman–Crippen LogP) is 3.21. The maximum Gasteiger partial charge on any atom is 0.475 e. The van der Waals surface area contributed by atoms with E-state index in [0.29, 0.717) is 33.1 Å². The predicted molar refractivity (Wildman–Crippen MR) is 131 cm³/mol. The molecule has 0 bridgehead atoms. The van der Waals surface area contributed by atoms with Gasteiger partial charge in [0.2, 0.25) is 5.95 Å². The molecule has 6 N–H and O–H groups in total. The number of anilines is 2. The number of hydrogen-bond acceptors (Lipinski definition) is 11. The summed E-state index contributed by atoms with van der Waals surface area (Å²) in [5, 5.41) is 23.2. The van der Waals surface area contributed by atoms with Crippen molar-refractivity contribution in [1.82, 2.24) is 14.5 Å². The first-order chi connectivity index (χ1) is 17.0. The van der Waals surface area contributed by atoms with Crippen molar-refractivity contribution < 1.29 is 33.1 Å². The zero-order valence-electron chi connectivity index (χ0n) is 19.0. The Balaban J connectivity index is 1.32. The second-order valence-corrected chi connectivity index (χ2v) is 11.3. The summed E-state index contributed by atoms with van der Waals surface area (Å²) in [4.78, 5) is 8.10. The van der Waals surface area contributed by atoms with Crippen LogP contribution in [0.1, 0.15) is 31.2 Å². The van der Waals surface area contributed by atoms with E-state index in [1.54, 1.807) is 30.5 Å². The van der Waals surface area contributed by atoms with Crippen molar-refractivity contribution >= 4 is 53.8 Å². The highest BCUT2D eigenvalue weighted by atomic mass is 35.5. The van der Waals surface area contributed by atoms with Crippen LogP contribution in [0.2, 0.25) is 10.0 Å². The average Bonchev–Trinajstić information content (AvgIpc) is 3.30. The second-order valence-electron chi connectivity index (χ2n) is 8.79. The van der Waals surface area contributed by atoms with E-state index in [1.807, 2.05) is 0 Å². The van der Waals surface area contributed by atoms with Gasteiger partial charge in [0.25, 0.3) is 0 Å². The molecular weight excluding hydrogens is 536 g/mol. The van der Waals surface area contributed by atoms with E-state index in [1.165, 1.54) is 11.5 Å². The summed E-state index contributed by atoms with van der Waals surface area (Å²) in [6.07, 6.45) is -2.25. The van der Waals surface area contributed by atoms with Crippen LogP contribution in [0, 0.1) is 0 Å². The molecule has 2 saturated heterocycles. The minimum Gasteiger partial charge on any atom is -0.387 e. The number of aliphatic hydroxyl groups is 2. The van der Waals surface area contributed by atoms with Gasteiger partial charge in [0, 0.05) is 22.7 Å². The van der Waals surface area contributed by atoms with Crippen LogP contribution in [0.4, 0.5) is 11.8 Å². The van der Waals surface area contributed by atoms with Gasteiger partial charge in [-0.05, 0) is 36.8 Å². The smallest absolute Gasteiger partial charge is 0.387 e. The molecule has 4 heterocycles. The lowest BCUT2D eigenvalue weighted by atomic mass is 9.96. The van der Waals surface area contributed by atoms with Gasteiger partial charge in [0.05, 0.1) is 24.7 Å². The van der Waals surface area contributed by atoms with Crippen LogP contribution in [0.25, 0.3) is 11.0 Å². The summed E-state index contributed by atoms with van der Waals surface area (Å²) in [7, 11) is -4.04. The molecule has 5 rings (SSSR count). The van der Waals surface area contributed by atoms with Crippen molar-refractivity contribution in [2.75, 3.05) is 24.7 Å². The number of halogens is 2. The molecule has 1 aromatic carbocycles. The number of nitrogen functional groups attached to an aromatic ring is 2. The maximum absolute atomic E-state index is 13.2. The fourth-order valence-corrected chi connectivity index (χ4v) is 6.31. The van der Waals surface area contributed by atoms with Gasteiger partial charge in [-0.2, -0.15) is 9.97 Å². The number of benzene rings is 1. The quantitative estimate of drug-likeness (QED) is 0.337. The average molecular weight is 560 g/mol. The lowest BCUT2D eigenvalue weighted by Gasteiger charge is -2.30. The van der Waals surface area contributed by atoms with Crippen LogP contribution in [-0.2, 0) is 22.9 Å². The number of nitrogens with two attached hydrogens (primary N) is 2. The Morgan fingerprint density at radius 3 is 2.72 bits per heavy atom. The van der Waals surface area contributed by atoms with Crippen LogP contribution in [-0.4, -0.2) is 55.8 Å². The van der Waals surface area contributed by atoms with Gasteiger partial charge < -0.3 is 31.0 Å². The van der Waals surface area contributed by atoms with E-state index in [-0.39, 0.29) is 18.4 Å². The van der Waals surface area contributed by atoms with E-state index in [2.05, 4.69) is 9.97 Å². The van der Waals surface area contributed by atoms with Gasteiger partial charge in [0.15, 0.2) is 6.23 Å². The SMILES string of the molecule is C[C@@]1(O)[C@H](O)[C@@H](CO[P@@]2(=O)OCC[C@@H](c3cc(Cl)cc(Cl)c3)O2)O[C@H]1n1ccc2c(N)nc(N)nc21. The molecule has 3 aromatic rings. The molecule has 194 valence electrons. The first-order valence-electron chi connectivity index (χ1n) is 11.0. The molecule has 2 aliphatic heterocycles. The van der Waals surface area contributed by atoms with Gasteiger partial charge in [0.1, 0.15) is 29.3 Å². The summed E-state index contributed by atoms with van der Waals surface area (Å²) in [6, 6.07) is 6.53. The molecule has 36 heavy (non-hydrogen) atoms. The topological polar surface area (TPSA) is 177 Å². The van der Waals surface area contributed by atoms with Crippen molar-refractivity contribution in [2.24, 2.45) is 0 Å². The minimum atomic E-state index is -4.04. The molecule has 0 amide bonds. The Hall–Kier alpha value is -1.99. The molecule has 2 fully saturated rings. The lowest BCUT2D eigenvalue weighted by molar-refractivity contribution is -0.0950. The van der Waals surface area contributed by atoms with E-state index >= 15 is 0 Å². The molecular formula is C21H24Cl2N5O7P. The number of aliphatic hydroxyl groups excluding tert-OH is 1. The Morgan fingerprint density at radius 2 is 2.00 bits per heavy atom. The Morgan fingerprint density at radius 1 is 1.28 bits per heavy atom. The number of ether oxygens (including phenoxy) is 1. The van der Waals surface area contributed by atoms with Crippen LogP contribution in [0.15, 0.2) is 30.5 Å². The van der Waals surface area contributed by atoms with Crippen LogP contribution in [0.5, 0.6) is 0 Å². The largest absolute Gasteiger partial charge is 0.475 e. The molecule has 0 saturated carbocycles. The molecule has 6 atom stereocenters. The Bertz CT molecular complexity index is 1340. The highest BCUT2D eigenvalue weighted by Crippen LogP contribution is 2.57. The molecule has 2 aromatic heterocycles. The number of rotatable bonds is 5. The van der Waals surface area contributed by atoms with Crippen LogP contribution in [0.3, 0.4) is 0 Å². The highest BCUT2D eigenvalue weighted by Gasteiger charge is 2.54. The number of nitrogens with zero attached hydrogens (tertiary/aromatic N) is 3. The summed E-state index contributed by atoms with van der Waals surface area (Å²) < 4.78 is 37.0. The molecule has 12 nitrogen and oxygen atoms in total. The second kappa shape index (κ2) is 9.39. The Labute approximate surface area is 215 Å². The van der Waals surface area contributed by atoms with Gasteiger partial charge in [-0.3, -0.25) is 13.6 Å². The first kappa shape index (κ1) is 25.7. The molecule has 0 radical (unpaired) electrons. The zero-order chi connectivity index (χ0) is 25.8. The summed E-state index contributed by atoms with van der Waals surface area (Å²) in [6.45, 7) is 1.10. The van der Waals surface area contributed by atoms with Crippen molar-refractivity contribution in [3.05, 3.63) is 46.1 Å². The monoisotopic (exact) mass is 559 g/mol. The third-order valence-electron chi connectivity index (χ3n) is 6.17. The minimum absolute atomic E-state index is 0.0572. The number of phosphoric acid groups is 1. The highest BCUT2D eigenvalue weighted by molar-refractivity contribution is 7.48. The zero-order valence-corrected chi connectivity index (χ0v) is 21.4. The van der Waals surface area contributed by atoms with Crippen molar-refractivity contribution in [3.8, 4) is 0 Å². The molecule has 0 aliphatic carbocycles.